The Kier molecular flexibility index (Phi) is 3.06. The van der Waals surface area contributed by atoms with E-state index in [9.17, 15) is 4.79 Å². The predicted octanol–water partition coefficient (Wildman–Crippen LogP) is 1.42. The Morgan fingerprint density at radius 1 is 1.36 bits per heavy atom. The first kappa shape index (κ1) is 9.97. The molecule has 0 N–H and O–H groups in total. The van der Waals surface area contributed by atoms with Crippen LogP contribution in [-0.4, -0.2) is 37.1 Å². The van der Waals surface area contributed by atoms with E-state index >= 15 is 0 Å². The van der Waals surface area contributed by atoms with Gasteiger partial charge in [-0.2, -0.15) is 0 Å². The van der Waals surface area contributed by atoms with E-state index in [4.69, 9.17) is 4.74 Å². The predicted molar refractivity (Wildman–Crippen MR) is 54.0 cm³/mol. The summed E-state index contributed by atoms with van der Waals surface area (Å²) in [6.07, 6.45) is 6.44. The highest BCUT2D eigenvalue weighted by Gasteiger charge is 2.36. The number of esters is 1. The summed E-state index contributed by atoms with van der Waals surface area (Å²) in [6.45, 7) is 2.19. The van der Waals surface area contributed by atoms with Gasteiger partial charge in [0, 0.05) is 13.1 Å². The molecule has 1 saturated heterocycles. The van der Waals surface area contributed by atoms with Gasteiger partial charge in [0.1, 0.15) is 6.04 Å². The average molecular weight is 197 g/mol. The lowest BCUT2D eigenvalue weighted by molar-refractivity contribution is -0.152. The van der Waals surface area contributed by atoms with Crippen LogP contribution in [0, 0.1) is 5.92 Å². The number of methoxy groups -OCH3 is 1. The fraction of sp³-hybridized carbons (Fsp3) is 0.909. The Bertz CT molecular complexity index is 211. The molecule has 1 heterocycles. The van der Waals surface area contributed by atoms with Crippen LogP contribution in [0.3, 0.4) is 0 Å². The third kappa shape index (κ3) is 1.92. The van der Waals surface area contributed by atoms with E-state index in [0.717, 1.165) is 25.4 Å². The third-order valence-electron chi connectivity index (χ3n) is 3.57. The molecule has 3 nitrogen and oxygen atoms in total. The summed E-state index contributed by atoms with van der Waals surface area (Å²) in [5.41, 5.74) is 0. The number of rotatable bonds is 3. The summed E-state index contributed by atoms with van der Waals surface area (Å²) >= 11 is 0. The SMILES string of the molecule is COC(=O)C1CCN1CC1CCCC1. The van der Waals surface area contributed by atoms with Crippen LogP contribution in [0.4, 0.5) is 0 Å². The maximum Gasteiger partial charge on any atom is 0.323 e. The zero-order chi connectivity index (χ0) is 9.97. The molecule has 0 amide bonds. The molecule has 1 aliphatic heterocycles. The van der Waals surface area contributed by atoms with Gasteiger partial charge in [0.2, 0.25) is 0 Å². The van der Waals surface area contributed by atoms with Gasteiger partial charge in [0.15, 0.2) is 0 Å². The highest BCUT2D eigenvalue weighted by molar-refractivity contribution is 5.76. The van der Waals surface area contributed by atoms with Crippen LogP contribution in [0.2, 0.25) is 0 Å². The molecule has 1 unspecified atom stereocenters. The van der Waals surface area contributed by atoms with Gasteiger partial charge in [-0.25, -0.2) is 0 Å². The summed E-state index contributed by atoms with van der Waals surface area (Å²) in [4.78, 5) is 13.6. The van der Waals surface area contributed by atoms with Gasteiger partial charge >= 0.3 is 5.97 Å². The van der Waals surface area contributed by atoms with Crippen molar-refractivity contribution in [1.29, 1.82) is 0 Å². The van der Waals surface area contributed by atoms with Crippen LogP contribution in [0.5, 0.6) is 0 Å². The monoisotopic (exact) mass is 197 g/mol. The first-order valence-corrected chi connectivity index (χ1v) is 5.63. The second kappa shape index (κ2) is 4.30. The summed E-state index contributed by atoms with van der Waals surface area (Å²) < 4.78 is 4.77. The summed E-state index contributed by atoms with van der Waals surface area (Å²) in [5.74, 6) is 0.789. The van der Waals surface area contributed by atoms with Crippen molar-refractivity contribution in [2.45, 2.75) is 38.1 Å². The molecule has 0 bridgehead atoms. The van der Waals surface area contributed by atoms with Crippen molar-refractivity contribution in [2.24, 2.45) is 5.92 Å². The standard InChI is InChI=1S/C11H19NO2/c1-14-11(13)10-6-7-12(10)8-9-4-2-3-5-9/h9-10H,2-8H2,1H3. The molecular formula is C11H19NO2. The Balaban J connectivity index is 1.78. The maximum absolute atomic E-state index is 11.3. The van der Waals surface area contributed by atoms with Crippen molar-refractivity contribution in [1.82, 2.24) is 4.90 Å². The lowest BCUT2D eigenvalue weighted by Crippen LogP contribution is -2.54. The number of carbonyl (C=O) groups excluding carboxylic acids is 1. The highest BCUT2D eigenvalue weighted by Crippen LogP contribution is 2.29. The van der Waals surface area contributed by atoms with Crippen LogP contribution >= 0.6 is 0 Å². The molecule has 0 spiro atoms. The zero-order valence-corrected chi connectivity index (χ0v) is 8.87. The van der Waals surface area contributed by atoms with Gasteiger partial charge in [0.25, 0.3) is 0 Å². The van der Waals surface area contributed by atoms with Crippen molar-refractivity contribution in [3.63, 3.8) is 0 Å². The molecule has 0 aromatic carbocycles. The van der Waals surface area contributed by atoms with Gasteiger partial charge in [-0.1, -0.05) is 12.8 Å². The van der Waals surface area contributed by atoms with E-state index in [1.165, 1.54) is 32.8 Å². The van der Waals surface area contributed by atoms with Crippen molar-refractivity contribution < 1.29 is 9.53 Å². The van der Waals surface area contributed by atoms with Gasteiger partial charge in [-0.05, 0) is 25.2 Å². The fourth-order valence-corrected chi connectivity index (χ4v) is 2.59. The second-order valence-corrected chi connectivity index (χ2v) is 4.47. The van der Waals surface area contributed by atoms with Crippen LogP contribution < -0.4 is 0 Å². The number of nitrogens with zero attached hydrogens (tertiary/aromatic N) is 1. The van der Waals surface area contributed by atoms with Gasteiger partial charge in [-0.3, -0.25) is 9.69 Å². The number of ether oxygens (including phenoxy) is 1. The normalized spacial score (nSPS) is 28.8. The minimum absolute atomic E-state index is 0.0470. The van der Waals surface area contributed by atoms with Crippen LogP contribution in [-0.2, 0) is 9.53 Å². The molecule has 1 atom stereocenters. The zero-order valence-electron chi connectivity index (χ0n) is 8.87. The van der Waals surface area contributed by atoms with Gasteiger partial charge in [0.05, 0.1) is 7.11 Å². The molecule has 80 valence electrons. The molecule has 1 saturated carbocycles. The van der Waals surface area contributed by atoms with E-state index in [1.807, 2.05) is 0 Å². The topological polar surface area (TPSA) is 29.5 Å². The quantitative estimate of drug-likeness (QED) is 0.641. The molecule has 2 aliphatic rings. The largest absolute Gasteiger partial charge is 0.468 e. The van der Waals surface area contributed by atoms with Crippen LogP contribution in [0.1, 0.15) is 32.1 Å². The first-order chi connectivity index (χ1) is 6.81. The lowest BCUT2D eigenvalue weighted by atomic mass is 9.99. The maximum atomic E-state index is 11.3. The molecule has 14 heavy (non-hydrogen) atoms. The second-order valence-electron chi connectivity index (χ2n) is 4.47. The molecule has 0 aromatic heterocycles. The van der Waals surface area contributed by atoms with Crippen LogP contribution in [0.25, 0.3) is 0 Å². The van der Waals surface area contributed by atoms with Crippen molar-refractivity contribution in [3.05, 3.63) is 0 Å². The number of carbonyl (C=O) groups is 1. The molecule has 2 fully saturated rings. The van der Waals surface area contributed by atoms with Gasteiger partial charge in [-0.15, -0.1) is 0 Å². The van der Waals surface area contributed by atoms with Crippen molar-refractivity contribution in [3.8, 4) is 0 Å². The minimum Gasteiger partial charge on any atom is -0.468 e. The van der Waals surface area contributed by atoms with Crippen molar-refractivity contribution >= 4 is 5.97 Å². The number of hydrogen-bond donors (Lipinski definition) is 0. The van der Waals surface area contributed by atoms with E-state index in [2.05, 4.69) is 4.90 Å². The third-order valence-corrected chi connectivity index (χ3v) is 3.57. The lowest BCUT2D eigenvalue weighted by Gasteiger charge is -2.40. The first-order valence-electron chi connectivity index (χ1n) is 5.63. The molecule has 1 aliphatic carbocycles. The van der Waals surface area contributed by atoms with E-state index in [0.29, 0.717) is 0 Å². The molecule has 0 aromatic rings. The molecule has 0 radical (unpaired) electrons. The fourth-order valence-electron chi connectivity index (χ4n) is 2.59. The highest BCUT2D eigenvalue weighted by atomic mass is 16.5. The van der Waals surface area contributed by atoms with E-state index in [-0.39, 0.29) is 12.0 Å². The molecule has 3 heteroatoms. The van der Waals surface area contributed by atoms with Crippen molar-refractivity contribution in [2.75, 3.05) is 20.2 Å². The van der Waals surface area contributed by atoms with E-state index < -0.39 is 0 Å². The minimum atomic E-state index is -0.0470. The Labute approximate surface area is 85.4 Å². The van der Waals surface area contributed by atoms with E-state index in [1.54, 1.807) is 0 Å². The van der Waals surface area contributed by atoms with Gasteiger partial charge < -0.3 is 4.74 Å². The Hall–Kier alpha value is -0.570. The average Bonchev–Trinajstić information content (AvgIpc) is 2.64. The summed E-state index contributed by atoms with van der Waals surface area (Å²) in [7, 11) is 1.48. The number of hydrogen-bond acceptors (Lipinski definition) is 3. The Morgan fingerprint density at radius 3 is 2.57 bits per heavy atom. The summed E-state index contributed by atoms with van der Waals surface area (Å²) in [6, 6.07) is 0.0700. The Morgan fingerprint density at radius 2 is 2.07 bits per heavy atom. The molecular weight excluding hydrogens is 178 g/mol. The smallest absolute Gasteiger partial charge is 0.323 e. The van der Waals surface area contributed by atoms with Crippen LogP contribution in [0.15, 0.2) is 0 Å². The number of likely N-dealkylation sites (tertiary alicyclic amines) is 1. The molecule has 2 rings (SSSR count). The summed E-state index contributed by atoms with van der Waals surface area (Å²) in [5, 5.41) is 0.